The Balaban J connectivity index is 1.74. The number of fused-ring (bicyclic) bond motifs is 1. The van der Waals surface area contributed by atoms with Crippen LogP contribution >= 0.6 is 0 Å². The molecule has 10 heteroatoms. The van der Waals surface area contributed by atoms with Crippen molar-refractivity contribution in [2.75, 3.05) is 20.7 Å². The van der Waals surface area contributed by atoms with Crippen LogP contribution < -0.4 is 10.6 Å². The van der Waals surface area contributed by atoms with E-state index in [-0.39, 0.29) is 24.0 Å². The maximum atomic E-state index is 13.1. The van der Waals surface area contributed by atoms with Crippen LogP contribution in [0, 0.1) is 5.92 Å². The van der Waals surface area contributed by atoms with Gasteiger partial charge in [-0.1, -0.05) is 31.4 Å². The molecule has 3 unspecified atom stereocenters. The van der Waals surface area contributed by atoms with Crippen molar-refractivity contribution in [1.29, 1.82) is 0 Å². The second-order valence-electron chi connectivity index (χ2n) is 9.55. The molecular weight excluding hydrogens is 462 g/mol. The number of carbonyl (C=O) groups is 4. The van der Waals surface area contributed by atoms with Gasteiger partial charge in [0, 0.05) is 0 Å². The van der Waals surface area contributed by atoms with Gasteiger partial charge in [-0.3, -0.25) is 29.1 Å². The van der Waals surface area contributed by atoms with Crippen molar-refractivity contribution in [2.45, 2.75) is 64.1 Å². The summed E-state index contributed by atoms with van der Waals surface area (Å²) in [6, 6.07) is 4.69. The fourth-order valence-corrected chi connectivity index (χ4v) is 4.42. The third-order valence-corrected chi connectivity index (χ3v) is 6.56. The van der Waals surface area contributed by atoms with Gasteiger partial charge in [0.25, 0.3) is 5.91 Å². The van der Waals surface area contributed by atoms with Gasteiger partial charge >= 0.3 is 5.97 Å². The van der Waals surface area contributed by atoms with Crippen molar-refractivity contribution < 1.29 is 23.9 Å². The topological polar surface area (TPSA) is 131 Å². The average molecular weight is 498 g/mol. The quantitative estimate of drug-likeness (QED) is 0.476. The first-order chi connectivity index (χ1) is 17.2. The first kappa shape index (κ1) is 27.2. The third kappa shape index (κ3) is 7.07. The van der Waals surface area contributed by atoms with Gasteiger partial charge in [-0.15, -0.1) is 0 Å². The summed E-state index contributed by atoms with van der Waals surface area (Å²) in [6.45, 7) is 2.53. The number of esters is 1. The van der Waals surface area contributed by atoms with Crippen molar-refractivity contribution in [3.63, 3.8) is 0 Å². The molecule has 1 saturated carbocycles. The molecule has 36 heavy (non-hydrogen) atoms. The number of benzene rings is 1. The van der Waals surface area contributed by atoms with Gasteiger partial charge in [0.15, 0.2) is 5.78 Å². The summed E-state index contributed by atoms with van der Waals surface area (Å²) in [5, 5.41) is 5.15. The number of nitrogens with zero attached hydrogens (tertiary/aromatic N) is 3. The lowest BCUT2D eigenvalue weighted by Crippen LogP contribution is -2.53. The first-order valence-corrected chi connectivity index (χ1v) is 12.3. The Kier molecular flexibility index (Phi) is 9.46. The number of carbonyl (C=O) groups excluding carboxylic acids is 4. The number of amides is 2. The molecule has 0 radical (unpaired) electrons. The Bertz CT molecular complexity index is 1100. The molecule has 3 rings (SSSR count). The summed E-state index contributed by atoms with van der Waals surface area (Å²) < 4.78 is 5.57. The molecule has 2 aromatic rings. The van der Waals surface area contributed by atoms with E-state index in [1.165, 1.54) is 13.1 Å². The molecule has 0 bridgehead atoms. The first-order valence-electron chi connectivity index (χ1n) is 12.3. The monoisotopic (exact) mass is 497 g/mol. The lowest BCUT2D eigenvalue weighted by molar-refractivity contribution is -0.153. The molecule has 1 aromatic carbocycles. The highest BCUT2D eigenvalue weighted by atomic mass is 16.5. The van der Waals surface area contributed by atoms with Crippen LogP contribution in [0.2, 0.25) is 0 Å². The van der Waals surface area contributed by atoms with Crippen LogP contribution in [0.15, 0.2) is 30.5 Å². The van der Waals surface area contributed by atoms with Gasteiger partial charge in [-0.2, -0.15) is 0 Å². The fourth-order valence-electron chi connectivity index (χ4n) is 4.42. The molecular formula is C26H35N5O5. The molecule has 0 aliphatic heterocycles. The van der Waals surface area contributed by atoms with Crippen LogP contribution in [-0.4, -0.2) is 77.3 Å². The molecule has 1 aliphatic rings. The van der Waals surface area contributed by atoms with Gasteiger partial charge in [-0.25, -0.2) is 4.98 Å². The molecule has 10 nitrogen and oxygen atoms in total. The van der Waals surface area contributed by atoms with E-state index in [0.717, 1.165) is 32.1 Å². The fraction of sp³-hybridized carbons (Fsp3) is 0.538. The van der Waals surface area contributed by atoms with Gasteiger partial charge in [0.05, 0.1) is 23.3 Å². The number of ether oxygens (including phenoxy) is 1. The maximum absolute atomic E-state index is 13.1. The second-order valence-corrected chi connectivity index (χ2v) is 9.55. The van der Waals surface area contributed by atoms with Crippen LogP contribution in [-0.2, 0) is 19.1 Å². The number of nitrogens with one attached hydrogen (secondary N) is 2. The van der Waals surface area contributed by atoms with Crippen molar-refractivity contribution in [3.8, 4) is 0 Å². The number of likely N-dealkylation sites (N-methyl/N-ethyl adjacent to an activating group) is 1. The third-order valence-electron chi connectivity index (χ3n) is 6.56. The van der Waals surface area contributed by atoms with Crippen LogP contribution in [0.4, 0.5) is 0 Å². The number of ketones is 1. The number of hydrogen-bond donors (Lipinski definition) is 2. The Labute approximate surface area is 211 Å². The lowest BCUT2D eigenvalue weighted by Gasteiger charge is -2.33. The number of rotatable bonds is 10. The molecule has 1 fully saturated rings. The second kappa shape index (κ2) is 12.5. The van der Waals surface area contributed by atoms with E-state index in [0.29, 0.717) is 11.0 Å². The summed E-state index contributed by atoms with van der Waals surface area (Å²) in [7, 11) is 3.67. The maximum Gasteiger partial charge on any atom is 0.323 e. The Hall–Kier alpha value is -3.40. The minimum absolute atomic E-state index is 0.0193. The summed E-state index contributed by atoms with van der Waals surface area (Å²) in [4.78, 5) is 61.0. The SMILES string of the molecule is CC(=O)C(C)NC(=O)C(COC(=O)C(C1CCCCC1)N(C)C)NC(=O)c1cnc2ccccc2n1. The van der Waals surface area contributed by atoms with Crippen molar-refractivity contribution in [2.24, 2.45) is 5.92 Å². The average Bonchev–Trinajstić information content (AvgIpc) is 2.86. The van der Waals surface area contributed by atoms with Crippen LogP contribution in [0.5, 0.6) is 0 Å². The highest BCUT2D eigenvalue weighted by Gasteiger charge is 2.34. The minimum atomic E-state index is -1.22. The summed E-state index contributed by atoms with van der Waals surface area (Å²) in [6.07, 6.45) is 6.50. The standard InChI is InChI=1S/C26H35N5O5/c1-16(17(2)32)28-25(34)22(15-36-26(35)23(31(3)4)18-10-6-5-7-11-18)30-24(33)21-14-27-19-12-8-9-13-20(19)29-21/h8-9,12-14,16,18,22-23H,5-7,10-11,15H2,1-4H3,(H,28,34)(H,30,33). The number of para-hydroxylation sites is 2. The smallest absolute Gasteiger partial charge is 0.323 e. The zero-order chi connectivity index (χ0) is 26.2. The number of aromatic nitrogens is 2. The lowest BCUT2D eigenvalue weighted by atomic mass is 9.83. The van der Waals surface area contributed by atoms with E-state index in [1.54, 1.807) is 25.1 Å². The molecule has 2 N–H and O–H groups in total. The van der Waals surface area contributed by atoms with E-state index in [9.17, 15) is 19.2 Å². The van der Waals surface area contributed by atoms with Gasteiger partial charge < -0.3 is 15.4 Å². The molecule has 194 valence electrons. The Morgan fingerprint density at radius 3 is 2.36 bits per heavy atom. The van der Waals surface area contributed by atoms with E-state index in [4.69, 9.17) is 4.74 Å². The number of hydrogen-bond acceptors (Lipinski definition) is 8. The largest absolute Gasteiger partial charge is 0.462 e. The van der Waals surface area contributed by atoms with Crippen LogP contribution in [0.1, 0.15) is 56.4 Å². The summed E-state index contributed by atoms with van der Waals surface area (Å²) in [5.41, 5.74) is 1.18. The molecule has 1 aromatic heterocycles. The molecule has 1 heterocycles. The van der Waals surface area contributed by atoms with E-state index >= 15 is 0 Å². The molecule has 0 spiro atoms. The molecule has 1 aliphatic carbocycles. The van der Waals surface area contributed by atoms with E-state index < -0.39 is 35.9 Å². The molecule has 0 saturated heterocycles. The van der Waals surface area contributed by atoms with Gasteiger partial charge in [0.2, 0.25) is 5.91 Å². The predicted octanol–water partition coefficient (Wildman–Crippen LogP) is 1.88. The normalized spacial score (nSPS) is 16.7. The zero-order valence-electron chi connectivity index (χ0n) is 21.3. The minimum Gasteiger partial charge on any atom is -0.462 e. The number of Topliss-reactive ketones (excluding diaryl/α,β-unsaturated/α-hetero) is 1. The Morgan fingerprint density at radius 2 is 1.72 bits per heavy atom. The molecule has 2 amide bonds. The van der Waals surface area contributed by atoms with Gasteiger partial charge in [-0.05, 0) is 58.8 Å². The molecule has 3 atom stereocenters. The van der Waals surface area contributed by atoms with Gasteiger partial charge in [0.1, 0.15) is 24.4 Å². The van der Waals surface area contributed by atoms with Crippen LogP contribution in [0.25, 0.3) is 11.0 Å². The van der Waals surface area contributed by atoms with E-state index in [2.05, 4.69) is 20.6 Å². The summed E-state index contributed by atoms with van der Waals surface area (Å²) in [5.74, 6) is -1.78. The van der Waals surface area contributed by atoms with Crippen molar-refractivity contribution in [3.05, 3.63) is 36.2 Å². The zero-order valence-corrected chi connectivity index (χ0v) is 21.3. The highest BCUT2D eigenvalue weighted by molar-refractivity contribution is 5.98. The van der Waals surface area contributed by atoms with E-state index in [1.807, 2.05) is 25.1 Å². The van der Waals surface area contributed by atoms with Crippen LogP contribution in [0.3, 0.4) is 0 Å². The van der Waals surface area contributed by atoms with Crippen molar-refractivity contribution in [1.82, 2.24) is 25.5 Å². The van der Waals surface area contributed by atoms with Crippen molar-refractivity contribution >= 4 is 34.6 Å². The summed E-state index contributed by atoms with van der Waals surface area (Å²) >= 11 is 0. The highest BCUT2D eigenvalue weighted by Crippen LogP contribution is 2.29. The Morgan fingerprint density at radius 1 is 1.06 bits per heavy atom. The predicted molar refractivity (Wildman–Crippen MR) is 134 cm³/mol.